The second-order valence-electron chi connectivity index (χ2n) is 6.29. The zero-order valence-electron chi connectivity index (χ0n) is 16.2. The third-order valence-corrected chi connectivity index (χ3v) is 4.39. The van der Waals surface area contributed by atoms with Crippen molar-refractivity contribution in [3.05, 3.63) is 53.6 Å². The van der Waals surface area contributed by atoms with Gasteiger partial charge in [0.1, 0.15) is 11.5 Å². The number of halogens is 4. The second kappa shape index (κ2) is 11.8. The number of anilines is 2. The maximum absolute atomic E-state index is 12.2. The summed E-state index contributed by atoms with van der Waals surface area (Å²) in [6.45, 7) is 0. The van der Waals surface area contributed by atoms with E-state index < -0.39 is 29.8 Å². The molecule has 13 heteroatoms. The van der Waals surface area contributed by atoms with Crippen LogP contribution >= 0.6 is 36.4 Å². The highest BCUT2D eigenvalue weighted by atomic mass is 35.5. The van der Waals surface area contributed by atoms with Crippen molar-refractivity contribution < 1.29 is 27.5 Å². The lowest BCUT2D eigenvalue weighted by Crippen LogP contribution is -2.44. The fraction of sp³-hybridized carbons (Fsp3) is 0.211. The lowest BCUT2D eigenvalue weighted by atomic mass is 10.2. The number of thiocarbonyl (C=S) groups is 1. The van der Waals surface area contributed by atoms with Crippen molar-refractivity contribution >= 4 is 64.6 Å². The minimum Gasteiger partial charge on any atom is -0.406 e. The van der Waals surface area contributed by atoms with Gasteiger partial charge in [-0.25, -0.2) is 0 Å². The Kier molecular flexibility index (Phi) is 9.42. The van der Waals surface area contributed by atoms with Crippen molar-refractivity contribution in [3.8, 4) is 5.75 Å². The molecule has 172 valence electrons. The summed E-state index contributed by atoms with van der Waals surface area (Å²) >= 11 is 15.0. The van der Waals surface area contributed by atoms with E-state index >= 15 is 0 Å². The molecule has 0 aromatic heterocycles. The molecule has 0 spiro atoms. The first-order valence-corrected chi connectivity index (χ1v) is 10.2. The first-order chi connectivity index (χ1) is 15.0. The quantitative estimate of drug-likeness (QED) is 0.120. The SMILES string of the molecule is O=C(CC(=O)NNC(=S)Nc1ccc(Cl)cc1)CC(S)Nc1ccc(OC(F)(F)F)cc1. The van der Waals surface area contributed by atoms with Crippen LogP contribution in [-0.2, 0) is 9.59 Å². The normalized spacial score (nSPS) is 11.8. The third-order valence-electron chi connectivity index (χ3n) is 3.62. The Labute approximate surface area is 197 Å². The van der Waals surface area contributed by atoms with Crippen LogP contribution in [0.25, 0.3) is 0 Å². The van der Waals surface area contributed by atoms with Gasteiger partial charge in [-0.15, -0.1) is 13.2 Å². The Hall–Kier alpha value is -2.70. The lowest BCUT2D eigenvalue weighted by molar-refractivity contribution is -0.274. The van der Waals surface area contributed by atoms with E-state index in [0.29, 0.717) is 16.4 Å². The van der Waals surface area contributed by atoms with Gasteiger partial charge in [0.2, 0.25) is 5.91 Å². The molecule has 0 bridgehead atoms. The number of hydrogen-bond acceptors (Lipinski definition) is 6. The molecule has 1 atom stereocenters. The Morgan fingerprint density at radius 1 is 1.03 bits per heavy atom. The predicted molar refractivity (Wildman–Crippen MR) is 123 cm³/mol. The molecule has 0 saturated heterocycles. The number of rotatable bonds is 8. The Bertz CT molecular complexity index is 944. The van der Waals surface area contributed by atoms with Crippen LogP contribution in [-0.4, -0.2) is 28.5 Å². The molecule has 32 heavy (non-hydrogen) atoms. The number of hydrazine groups is 1. The molecule has 0 saturated carbocycles. The van der Waals surface area contributed by atoms with Gasteiger partial charge in [-0.05, 0) is 60.7 Å². The molecule has 0 aliphatic heterocycles. The standard InChI is InChI=1S/C19H18ClF3N4O3S2/c20-11-1-3-13(4-2-11)25-18(32)27-26-16(29)9-14(28)10-17(31)24-12-5-7-15(8-6-12)30-19(21,22)23/h1-8,17,24,31H,9-10H2,(H,26,29)(H2,25,27,32). The number of amides is 1. The zero-order chi connectivity index (χ0) is 23.7. The molecule has 2 aromatic rings. The van der Waals surface area contributed by atoms with Gasteiger partial charge in [0.05, 0.1) is 11.8 Å². The highest BCUT2D eigenvalue weighted by Crippen LogP contribution is 2.24. The smallest absolute Gasteiger partial charge is 0.406 e. The molecule has 2 rings (SSSR count). The van der Waals surface area contributed by atoms with E-state index in [1.165, 1.54) is 12.1 Å². The highest BCUT2D eigenvalue weighted by molar-refractivity contribution is 7.81. The fourth-order valence-corrected chi connectivity index (χ4v) is 2.98. The van der Waals surface area contributed by atoms with Gasteiger partial charge in [0.15, 0.2) is 5.11 Å². The number of carbonyl (C=O) groups excluding carboxylic acids is 2. The van der Waals surface area contributed by atoms with Gasteiger partial charge in [-0.2, -0.15) is 12.6 Å². The zero-order valence-corrected chi connectivity index (χ0v) is 18.7. The topological polar surface area (TPSA) is 91.5 Å². The summed E-state index contributed by atoms with van der Waals surface area (Å²) in [6, 6.07) is 11.7. The van der Waals surface area contributed by atoms with E-state index in [1.54, 1.807) is 24.3 Å². The van der Waals surface area contributed by atoms with Crippen molar-refractivity contribution in [2.75, 3.05) is 10.6 Å². The molecule has 0 aliphatic carbocycles. The summed E-state index contributed by atoms with van der Waals surface area (Å²) in [5.41, 5.74) is 5.86. The van der Waals surface area contributed by atoms with Crippen molar-refractivity contribution in [2.24, 2.45) is 0 Å². The van der Waals surface area contributed by atoms with Crippen LogP contribution in [0.5, 0.6) is 5.75 Å². The van der Waals surface area contributed by atoms with Crippen molar-refractivity contribution in [1.82, 2.24) is 10.9 Å². The molecule has 4 N–H and O–H groups in total. The van der Waals surface area contributed by atoms with E-state index in [9.17, 15) is 22.8 Å². The second-order valence-corrected chi connectivity index (χ2v) is 7.75. The van der Waals surface area contributed by atoms with Crippen LogP contribution in [0.2, 0.25) is 5.02 Å². The number of nitrogens with one attached hydrogen (secondary N) is 4. The Morgan fingerprint density at radius 2 is 1.62 bits per heavy atom. The number of ether oxygens (including phenoxy) is 1. The Balaban J connectivity index is 1.70. The maximum Gasteiger partial charge on any atom is 0.573 e. The highest BCUT2D eigenvalue weighted by Gasteiger charge is 2.31. The van der Waals surface area contributed by atoms with Crippen molar-refractivity contribution in [2.45, 2.75) is 24.6 Å². The molecule has 0 radical (unpaired) electrons. The number of carbonyl (C=O) groups is 2. The van der Waals surface area contributed by atoms with E-state index in [4.69, 9.17) is 23.8 Å². The van der Waals surface area contributed by atoms with E-state index in [2.05, 4.69) is 38.9 Å². The van der Waals surface area contributed by atoms with Gasteiger partial charge in [-0.3, -0.25) is 20.4 Å². The fourth-order valence-electron chi connectivity index (χ4n) is 2.33. The van der Waals surface area contributed by atoms with Crippen LogP contribution < -0.4 is 26.2 Å². The minimum absolute atomic E-state index is 0.106. The average Bonchev–Trinajstić information content (AvgIpc) is 2.68. The molecular formula is C19H18ClF3N4O3S2. The largest absolute Gasteiger partial charge is 0.573 e. The van der Waals surface area contributed by atoms with Crippen LogP contribution in [0.1, 0.15) is 12.8 Å². The third kappa shape index (κ3) is 10.1. The molecule has 0 fully saturated rings. The minimum atomic E-state index is -4.78. The van der Waals surface area contributed by atoms with E-state index in [-0.39, 0.29) is 17.3 Å². The number of ketones is 1. The summed E-state index contributed by atoms with van der Waals surface area (Å²) in [4.78, 5) is 23.9. The van der Waals surface area contributed by atoms with Gasteiger partial charge in [0, 0.05) is 22.8 Å². The summed E-state index contributed by atoms with van der Waals surface area (Å²) in [6.07, 6.45) is -5.31. The van der Waals surface area contributed by atoms with Crippen molar-refractivity contribution in [3.63, 3.8) is 0 Å². The van der Waals surface area contributed by atoms with Gasteiger partial charge in [-0.1, -0.05) is 11.6 Å². The van der Waals surface area contributed by atoms with Crippen molar-refractivity contribution in [1.29, 1.82) is 0 Å². The first-order valence-electron chi connectivity index (χ1n) is 8.94. The van der Waals surface area contributed by atoms with Gasteiger partial charge in [0.25, 0.3) is 0 Å². The van der Waals surface area contributed by atoms with E-state index in [1.807, 2.05) is 0 Å². The molecule has 7 nitrogen and oxygen atoms in total. The number of hydrogen-bond donors (Lipinski definition) is 5. The van der Waals surface area contributed by atoms with Crippen LogP contribution in [0, 0.1) is 0 Å². The first kappa shape index (κ1) is 25.6. The average molecular weight is 507 g/mol. The van der Waals surface area contributed by atoms with Crippen LogP contribution in [0.15, 0.2) is 48.5 Å². The number of Topliss-reactive ketones (excluding diaryl/α,β-unsaturated/α-hetero) is 1. The van der Waals surface area contributed by atoms with Gasteiger partial charge < -0.3 is 15.4 Å². The number of benzene rings is 2. The predicted octanol–water partition coefficient (Wildman–Crippen LogP) is 4.27. The Morgan fingerprint density at radius 3 is 2.22 bits per heavy atom. The lowest BCUT2D eigenvalue weighted by Gasteiger charge is -2.15. The summed E-state index contributed by atoms with van der Waals surface area (Å²) in [7, 11) is 0. The monoisotopic (exact) mass is 506 g/mol. The van der Waals surface area contributed by atoms with Crippen LogP contribution in [0.3, 0.4) is 0 Å². The summed E-state index contributed by atoms with van der Waals surface area (Å²) < 4.78 is 40.3. The van der Waals surface area contributed by atoms with Crippen LogP contribution in [0.4, 0.5) is 24.5 Å². The molecule has 1 amide bonds. The maximum atomic E-state index is 12.2. The molecule has 1 unspecified atom stereocenters. The summed E-state index contributed by atoms with van der Waals surface area (Å²) in [5.74, 6) is -1.39. The van der Waals surface area contributed by atoms with Gasteiger partial charge >= 0.3 is 6.36 Å². The number of alkyl halides is 3. The molecule has 2 aromatic carbocycles. The molecule has 0 heterocycles. The van der Waals surface area contributed by atoms with E-state index in [0.717, 1.165) is 12.1 Å². The number of thiol groups is 1. The molecular weight excluding hydrogens is 489 g/mol. The molecule has 0 aliphatic rings. The summed E-state index contributed by atoms with van der Waals surface area (Å²) in [5, 5.41) is 5.67.